The molecule has 10 aromatic rings. The van der Waals surface area contributed by atoms with Crippen molar-refractivity contribution in [3.05, 3.63) is 188 Å². The van der Waals surface area contributed by atoms with Crippen molar-refractivity contribution in [1.82, 2.24) is 15.0 Å². The fourth-order valence-electron chi connectivity index (χ4n) is 7.82. The van der Waals surface area contributed by atoms with E-state index >= 15 is 0 Å². The van der Waals surface area contributed by atoms with Crippen molar-refractivity contribution in [2.75, 3.05) is 0 Å². The minimum atomic E-state index is 0.588. The lowest BCUT2D eigenvalue weighted by Crippen LogP contribution is -2.02. The van der Waals surface area contributed by atoms with E-state index in [1.54, 1.807) is 0 Å². The first kappa shape index (κ1) is 31.3. The van der Waals surface area contributed by atoms with Crippen LogP contribution in [0.25, 0.3) is 99.5 Å². The van der Waals surface area contributed by atoms with Gasteiger partial charge in [-0.25, -0.2) is 15.0 Å². The van der Waals surface area contributed by atoms with Crippen LogP contribution in [0.3, 0.4) is 0 Å². The van der Waals surface area contributed by atoms with E-state index in [4.69, 9.17) is 15.0 Å². The average Bonchev–Trinajstić information content (AvgIpc) is 3.25. The molecule has 0 saturated heterocycles. The molecule has 0 aliphatic heterocycles. The van der Waals surface area contributed by atoms with Gasteiger partial charge in [-0.3, -0.25) is 0 Å². The molecule has 0 unspecified atom stereocenters. The Labute approximate surface area is 312 Å². The zero-order valence-electron chi connectivity index (χ0n) is 29.1. The molecule has 54 heavy (non-hydrogen) atoms. The summed E-state index contributed by atoms with van der Waals surface area (Å²) in [5, 5.41) is 18.5. The van der Waals surface area contributed by atoms with Gasteiger partial charge in [0, 0.05) is 22.1 Å². The highest BCUT2D eigenvalue weighted by Crippen LogP contribution is 2.47. The predicted octanol–water partition coefficient (Wildman–Crippen LogP) is 12.7. The monoisotopic (exact) mass is 686 g/mol. The summed E-state index contributed by atoms with van der Waals surface area (Å²) < 4.78 is 0. The van der Waals surface area contributed by atoms with E-state index in [-0.39, 0.29) is 0 Å². The standard InChI is InChI=1S/C50H30N4/c51-31-32-24-26-33(27-25-32)37-17-10-18-38(30-37)49-52-48(36-14-2-1-3-15-36)53-50(54-49)47-43-22-9-8-21-42(43)45(41-23-11-16-34-12-4-6-19-39(34)41)44-29-28-35-13-5-7-20-40(35)46(44)47/h1-30H. The van der Waals surface area contributed by atoms with Crippen molar-refractivity contribution in [3.63, 3.8) is 0 Å². The molecule has 0 amide bonds. The van der Waals surface area contributed by atoms with E-state index in [1.165, 1.54) is 21.9 Å². The van der Waals surface area contributed by atoms with Crippen molar-refractivity contribution in [1.29, 1.82) is 5.26 Å². The summed E-state index contributed by atoms with van der Waals surface area (Å²) in [5.74, 6) is 1.81. The van der Waals surface area contributed by atoms with Crippen LogP contribution in [0.2, 0.25) is 0 Å². The van der Waals surface area contributed by atoms with Gasteiger partial charge in [0.15, 0.2) is 17.5 Å². The lowest BCUT2D eigenvalue weighted by atomic mass is 9.84. The van der Waals surface area contributed by atoms with Crippen molar-refractivity contribution in [2.45, 2.75) is 0 Å². The van der Waals surface area contributed by atoms with Crippen molar-refractivity contribution < 1.29 is 0 Å². The third kappa shape index (κ3) is 5.27. The predicted molar refractivity (Wildman–Crippen MR) is 222 cm³/mol. The van der Waals surface area contributed by atoms with Gasteiger partial charge in [-0.2, -0.15) is 5.26 Å². The van der Waals surface area contributed by atoms with Gasteiger partial charge in [0.2, 0.25) is 0 Å². The normalized spacial score (nSPS) is 11.3. The number of hydrogen-bond donors (Lipinski definition) is 0. The van der Waals surface area contributed by atoms with Crippen LogP contribution < -0.4 is 0 Å². The van der Waals surface area contributed by atoms with Gasteiger partial charge in [0.05, 0.1) is 11.6 Å². The molecular weight excluding hydrogens is 657 g/mol. The highest BCUT2D eigenvalue weighted by molar-refractivity contribution is 6.28. The maximum absolute atomic E-state index is 9.37. The van der Waals surface area contributed by atoms with E-state index in [2.05, 4.69) is 127 Å². The van der Waals surface area contributed by atoms with Crippen LogP contribution in [-0.4, -0.2) is 15.0 Å². The molecule has 0 aliphatic carbocycles. The van der Waals surface area contributed by atoms with Gasteiger partial charge in [0.25, 0.3) is 0 Å². The van der Waals surface area contributed by atoms with E-state index < -0.39 is 0 Å². The lowest BCUT2D eigenvalue weighted by Gasteiger charge is -2.20. The summed E-state index contributed by atoms with van der Waals surface area (Å²) in [5.41, 5.74) is 7.81. The molecule has 0 radical (unpaired) electrons. The molecule has 4 nitrogen and oxygen atoms in total. The largest absolute Gasteiger partial charge is 0.208 e. The Hall–Kier alpha value is -7.48. The molecule has 0 fully saturated rings. The molecule has 10 rings (SSSR count). The molecule has 0 atom stereocenters. The van der Waals surface area contributed by atoms with Crippen molar-refractivity contribution in [3.8, 4) is 62.5 Å². The van der Waals surface area contributed by atoms with E-state index in [0.29, 0.717) is 23.0 Å². The van der Waals surface area contributed by atoms with Crippen LogP contribution in [-0.2, 0) is 0 Å². The molecule has 1 heterocycles. The molecule has 0 bridgehead atoms. The number of nitrogens with zero attached hydrogens (tertiary/aromatic N) is 4. The van der Waals surface area contributed by atoms with Crippen molar-refractivity contribution in [2.24, 2.45) is 0 Å². The van der Waals surface area contributed by atoms with Gasteiger partial charge in [0.1, 0.15) is 0 Å². The Balaban J connectivity index is 1.31. The summed E-state index contributed by atoms with van der Waals surface area (Å²) in [6, 6.07) is 65.2. The molecule has 4 heteroatoms. The Morgan fingerprint density at radius 3 is 1.67 bits per heavy atom. The summed E-state index contributed by atoms with van der Waals surface area (Å²) >= 11 is 0. The van der Waals surface area contributed by atoms with Gasteiger partial charge in [-0.1, -0.05) is 164 Å². The third-order valence-electron chi connectivity index (χ3n) is 10.3. The fraction of sp³-hybridized carbons (Fsp3) is 0. The Bertz CT molecular complexity index is 3100. The van der Waals surface area contributed by atoms with Crippen LogP contribution in [0.15, 0.2) is 182 Å². The molecule has 0 saturated carbocycles. The van der Waals surface area contributed by atoms with Crippen LogP contribution in [0.4, 0.5) is 0 Å². The number of fused-ring (bicyclic) bond motifs is 5. The number of rotatable bonds is 5. The molecule has 250 valence electrons. The first-order valence-corrected chi connectivity index (χ1v) is 18.0. The van der Waals surface area contributed by atoms with Gasteiger partial charge in [-0.05, 0) is 78.2 Å². The Kier molecular flexibility index (Phi) is 7.49. The highest BCUT2D eigenvalue weighted by atomic mass is 15.0. The zero-order valence-corrected chi connectivity index (χ0v) is 29.1. The van der Waals surface area contributed by atoms with Crippen LogP contribution in [0, 0.1) is 11.3 Å². The van der Waals surface area contributed by atoms with Gasteiger partial charge in [-0.15, -0.1) is 0 Å². The maximum atomic E-state index is 9.37. The Morgan fingerprint density at radius 2 is 0.907 bits per heavy atom. The summed E-state index contributed by atoms with van der Waals surface area (Å²) in [4.78, 5) is 15.8. The topological polar surface area (TPSA) is 62.5 Å². The fourth-order valence-corrected chi connectivity index (χ4v) is 7.82. The molecule has 0 N–H and O–H groups in total. The minimum Gasteiger partial charge on any atom is -0.208 e. The molecule has 9 aromatic carbocycles. The smallest absolute Gasteiger partial charge is 0.165 e. The second-order valence-electron chi connectivity index (χ2n) is 13.5. The molecule has 0 aliphatic rings. The quantitative estimate of drug-likeness (QED) is 0.134. The number of nitriles is 1. The second kappa shape index (κ2) is 12.9. The number of benzene rings is 9. The van der Waals surface area contributed by atoms with Gasteiger partial charge < -0.3 is 0 Å². The SMILES string of the molecule is N#Cc1ccc(-c2cccc(-c3nc(-c4ccccc4)nc(-c4c5ccccc5c(-c5cccc6ccccc56)c5ccc6ccccc6c45)n3)c2)cc1. The Morgan fingerprint density at radius 1 is 0.352 bits per heavy atom. The third-order valence-corrected chi connectivity index (χ3v) is 10.3. The highest BCUT2D eigenvalue weighted by Gasteiger charge is 2.23. The second-order valence-corrected chi connectivity index (χ2v) is 13.5. The number of hydrogen-bond acceptors (Lipinski definition) is 4. The van der Waals surface area contributed by atoms with Crippen LogP contribution in [0.1, 0.15) is 5.56 Å². The summed E-state index contributed by atoms with van der Waals surface area (Å²) in [7, 11) is 0. The first-order valence-electron chi connectivity index (χ1n) is 18.0. The summed E-state index contributed by atoms with van der Waals surface area (Å²) in [6.45, 7) is 0. The summed E-state index contributed by atoms with van der Waals surface area (Å²) in [6.07, 6.45) is 0. The first-order chi connectivity index (χ1) is 26.7. The lowest BCUT2D eigenvalue weighted by molar-refractivity contribution is 1.08. The maximum Gasteiger partial charge on any atom is 0.165 e. The zero-order chi connectivity index (χ0) is 36.0. The minimum absolute atomic E-state index is 0.588. The van der Waals surface area contributed by atoms with E-state index in [1.807, 2.05) is 60.7 Å². The average molecular weight is 687 g/mol. The molecule has 1 aromatic heterocycles. The van der Waals surface area contributed by atoms with Gasteiger partial charge >= 0.3 is 0 Å². The van der Waals surface area contributed by atoms with E-state index in [0.717, 1.165) is 60.1 Å². The molecular formula is C50H30N4. The van der Waals surface area contributed by atoms with Crippen molar-refractivity contribution >= 4 is 43.1 Å². The number of aromatic nitrogens is 3. The molecule has 0 spiro atoms. The van der Waals surface area contributed by atoms with Crippen LogP contribution in [0.5, 0.6) is 0 Å². The van der Waals surface area contributed by atoms with E-state index in [9.17, 15) is 5.26 Å². The van der Waals surface area contributed by atoms with Crippen LogP contribution >= 0.6 is 0 Å².